The molecule has 0 spiro atoms. The molecule has 5 heteroatoms. The quantitative estimate of drug-likeness (QED) is 0.872. The molecule has 104 valence electrons. The predicted molar refractivity (Wildman–Crippen MR) is 66.3 cm³/mol. The van der Waals surface area contributed by atoms with E-state index in [1.165, 1.54) is 7.11 Å². The number of hydrogen-bond donors (Lipinski definition) is 1. The number of hydrogen-bond acceptors (Lipinski definition) is 5. The SMILES string of the molecule is CO[C@H]1O[C@@H]2COC(c3ccccc3)O[C@H]2C[C@@H]1O. The highest BCUT2D eigenvalue weighted by Gasteiger charge is 2.42. The van der Waals surface area contributed by atoms with E-state index in [1.54, 1.807) is 0 Å². The molecule has 0 bridgehead atoms. The standard InChI is InChI=1S/C14H18O5/c1-16-14-10(15)7-11-12(19-14)8-17-13(18-11)9-5-3-2-4-6-9/h2-6,10-15H,7-8H2,1H3/t10-,11-,12+,13?,14-/m0/s1. The minimum atomic E-state index is -0.666. The molecular formula is C14H18O5. The molecule has 5 atom stereocenters. The third-order valence-corrected chi connectivity index (χ3v) is 3.53. The minimum absolute atomic E-state index is 0.166. The van der Waals surface area contributed by atoms with Crippen molar-refractivity contribution in [3.63, 3.8) is 0 Å². The first kappa shape index (κ1) is 13.0. The van der Waals surface area contributed by atoms with Crippen LogP contribution in [0.3, 0.4) is 0 Å². The zero-order chi connectivity index (χ0) is 13.2. The molecule has 0 radical (unpaired) electrons. The zero-order valence-corrected chi connectivity index (χ0v) is 10.8. The van der Waals surface area contributed by atoms with Gasteiger partial charge >= 0.3 is 0 Å². The van der Waals surface area contributed by atoms with Crippen molar-refractivity contribution in [2.75, 3.05) is 13.7 Å². The number of ether oxygens (including phenoxy) is 4. The first-order valence-electron chi connectivity index (χ1n) is 6.46. The molecule has 0 saturated carbocycles. The Balaban J connectivity index is 1.68. The molecular weight excluding hydrogens is 248 g/mol. The summed E-state index contributed by atoms with van der Waals surface area (Å²) in [6.45, 7) is 0.441. The van der Waals surface area contributed by atoms with E-state index in [1.807, 2.05) is 30.3 Å². The van der Waals surface area contributed by atoms with Gasteiger partial charge in [-0.15, -0.1) is 0 Å². The first-order chi connectivity index (χ1) is 9.28. The molecule has 1 unspecified atom stereocenters. The molecule has 2 aliphatic heterocycles. The second kappa shape index (κ2) is 5.56. The number of fused-ring (bicyclic) bond motifs is 1. The van der Waals surface area contributed by atoms with Crippen LogP contribution >= 0.6 is 0 Å². The van der Waals surface area contributed by atoms with Crippen LogP contribution in [-0.2, 0) is 18.9 Å². The fourth-order valence-electron chi connectivity index (χ4n) is 2.52. The Morgan fingerprint density at radius 2 is 1.95 bits per heavy atom. The monoisotopic (exact) mass is 266 g/mol. The van der Waals surface area contributed by atoms with Gasteiger partial charge < -0.3 is 24.1 Å². The second-order valence-electron chi connectivity index (χ2n) is 4.83. The number of benzene rings is 1. The lowest BCUT2D eigenvalue weighted by Crippen LogP contribution is -2.53. The van der Waals surface area contributed by atoms with Gasteiger partial charge in [-0.05, 0) is 0 Å². The third kappa shape index (κ3) is 2.66. The smallest absolute Gasteiger partial charge is 0.184 e. The lowest BCUT2D eigenvalue weighted by Gasteiger charge is -2.43. The van der Waals surface area contributed by atoms with E-state index in [9.17, 15) is 5.11 Å². The van der Waals surface area contributed by atoms with Crippen molar-refractivity contribution in [2.24, 2.45) is 0 Å². The summed E-state index contributed by atoms with van der Waals surface area (Å²) < 4.78 is 22.2. The van der Waals surface area contributed by atoms with E-state index in [4.69, 9.17) is 18.9 Å². The van der Waals surface area contributed by atoms with Crippen LogP contribution in [0.1, 0.15) is 18.3 Å². The van der Waals surface area contributed by atoms with Gasteiger partial charge in [0.2, 0.25) is 0 Å². The zero-order valence-electron chi connectivity index (χ0n) is 10.8. The van der Waals surface area contributed by atoms with E-state index in [0.717, 1.165) is 5.56 Å². The van der Waals surface area contributed by atoms with E-state index in [0.29, 0.717) is 13.0 Å². The Morgan fingerprint density at radius 1 is 1.16 bits per heavy atom. The van der Waals surface area contributed by atoms with Crippen LogP contribution in [0.25, 0.3) is 0 Å². The summed E-state index contributed by atoms with van der Waals surface area (Å²) in [7, 11) is 1.52. The average Bonchev–Trinajstić information content (AvgIpc) is 2.47. The average molecular weight is 266 g/mol. The van der Waals surface area contributed by atoms with Crippen LogP contribution in [0.4, 0.5) is 0 Å². The molecule has 2 saturated heterocycles. The predicted octanol–water partition coefficient (Wildman–Crippen LogP) is 1.22. The van der Waals surface area contributed by atoms with E-state index in [2.05, 4.69) is 0 Å². The van der Waals surface area contributed by atoms with E-state index < -0.39 is 18.7 Å². The van der Waals surface area contributed by atoms with Gasteiger partial charge in [0, 0.05) is 19.1 Å². The summed E-state index contributed by atoms with van der Waals surface area (Å²) in [5, 5.41) is 9.89. The fraction of sp³-hybridized carbons (Fsp3) is 0.571. The van der Waals surface area contributed by atoms with Crippen molar-refractivity contribution in [1.82, 2.24) is 0 Å². The van der Waals surface area contributed by atoms with Gasteiger partial charge in [0.25, 0.3) is 0 Å². The van der Waals surface area contributed by atoms with Crippen molar-refractivity contribution < 1.29 is 24.1 Å². The summed E-state index contributed by atoms with van der Waals surface area (Å²) >= 11 is 0. The van der Waals surface area contributed by atoms with Crippen molar-refractivity contribution in [3.05, 3.63) is 35.9 Å². The highest BCUT2D eigenvalue weighted by atomic mass is 16.7. The van der Waals surface area contributed by atoms with Crippen LogP contribution < -0.4 is 0 Å². The Bertz CT molecular complexity index is 410. The molecule has 3 rings (SSSR count). The summed E-state index contributed by atoms with van der Waals surface area (Å²) in [6.07, 6.45) is -1.51. The number of methoxy groups -OCH3 is 1. The van der Waals surface area contributed by atoms with Gasteiger partial charge in [-0.1, -0.05) is 30.3 Å². The molecule has 19 heavy (non-hydrogen) atoms. The normalized spacial score (nSPS) is 38.7. The molecule has 2 aliphatic rings. The van der Waals surface area contributed by atoms with E-state index >= 15 is 0 Å². The van der Waals surface area contributed by atoms with Crippen LogP contribution in [0.2, 0.25) is 0 Å². The lowest BCUT2D eigenvalue weighted by molar-refractivity contribution is -0.333. The van der Waals surface area contributed by atoms with Gasteiger partial charge in [0.05, 0.1) is 12.7 Å². The summed E-state index contributed by atoms with van der Waals surface area (Å²) in [5.74, 6) is 0. The van der Waals surface area contributed by atoms with Crippen molar-refractivity contribution in [3.8, 4) is 0 Å². The highest BCUT2D eigenvalue weighted by Crippen LogP contribution is 2.33. The molecule has 1 aromatic rings. The second-order valence-corrected chi connectivity index (χ2v) is 4.83. The van der Waals surface area contributed by atoms with Crippen LogP contribution in [0.5, 0.6) is 0 Å². The van der Waals surface area contributed by atoms with Crippen LogP contribution in [0.15, 0.2) is 30.3 Å². The molecule has 0 aromatic heterocycles. The number of rotatable bonds is 2. The van der Waals surface area contributed by atoms with Gasteiger partial charge in [-0.2, -0.15) is 0 Å². The maximum absolute atomic E-state index is 9.89. The van der Waals surface area contributed by atoms with Gasteiger partial charge in [0.1, 0.15) is 12.2 Å². The van der Waals surface area contributed by atoms with Gasteiger partial charge in [-0.25, -0.2) is 0 Å². The molecule has 0 aliphatic carbocycles. The number of aliphatic hydroxyl groups is 1. The van der Waals surface area contributed by atoms with Crippen LogP contribution in [-0.4, -0.2) is 43.4 Å². The Labute approximate surface area is 112 Å². The highest BCUT2D eigenvalue weighted by molar-refractivity contribution is 5.16. The minimum Gasteiger partial charge on any atom is -0.388 e. The van der Waals surface area contributed by atoms with Crippen molar-refractivity contribution in [1.29, 1.82) is 0 Å². The Kier molecular flexibility index (Phi) is 3.81. The third-order valence-electron chi connectivity index (χ3n) is 3.53. The fourth-order valence-corrected chi connectivity index (χ4v) is 2.52. The molecule has 2 heterocycles. The van der Waals surface area contributed by atoms with Crippen LogP contribution in [0, 0.1) is 0 Å². The summed E-state index contributed by atoms with van der Waals surface area (Å²) in [4.78, 5) is 0. The summed E-state index contributed by atoms with van der Waals surface area (Å²) in [5.41, 5.74) is 0.976. The largest absolute Gasteiger partial charge is 0.388 e. The van der Waals surface area contributed by atoms with Crippen molar-refractivity contribution in [2.45, 2.75) is 37.3 Å². The Hall–Kier alpha value is -0.980. The molecule has 5 nitrogen and oxygen atoms in total. The Morgan fingerprint density at radius 3 is 2.68 bits per heavy atom. The maximum atomic E-state index is 9.89. The summed E-state index contributed by atoms with van der Waals surface area (Å²) in [6, 6.07) is 9.76. The number of aliphatic hydroxyl groups excluding tert-OH is 1. The topological polar surface area (TPSA) is 57.2 Å². The lowest BCUT2D eigenvalue weighted by atomic mass is 10.0. The molecule has 2 fully saturated rings. The molecule has 0 amide bonds. The molecule has 1 N–H and O–H groups in total. The van der Waals surface area contributed by atoms with Gasteiger partial charge in [0.15, 0.2) is 12.6 Å². The van der Waals surface area contributed by atoms with Gasteiger partial charge in [-0.3, -0.25) is 0 Å². The van der Waals surface area contributed by atoms with E-state index in [-0.39, 0.29) is 12.2 Å². The molecule has 1 aromatic carbocycles. The maximum Gasteiger partial charge on any atom is 0.184 e. The first-order valence-corrected chi connectivity index (χ1v) is 6.46. The van der Waals surface area contributed by atoms with Crippen molar-refractivity contribution >= 4 is 0 Å².